The highest BCUT2D eigenvalue weighted by Gasteiger charge is 2.18. The Kier molecular flexibility index (Phi) is 4.11. The first-order valence-corrected chi connectivity index (χ1v) is 7.12. The second-order valence-corrected chi connectivity index (χ2v) is 5.16. The van der Waals surface area contributed by atoms with Crippen LogP contribution in [0.2, 0.25) is 0 Å². The Morgan fingerprint density at radius 3 is 2.88 bits per heavy atom. The molecule has 0 atom stereocenters. The number of fused-ring (bicyclic) bond motifs is 1. The molecule has 0 spiro atoms. The van der Waals surface area contributed by atoms with Gasteiger partial charge in [-0.1, -0.05) is 18.2 Å². The highest BCUT2D eigenvalue weighted by atomic mass is 16.6. The quantitative estimate of drug-likeness (QED) is 0.660. The molecule has 122 valence electrons. The molecule has 2 N–H and O–H groups in total. The highest BCUT2D eigenvalue weighted by molar-refractivity contribution is 5.98. The van der Waals surface area contributed by atoms with Crippen molar-refractivity contribution in [2.24, 2.45) is 0 Å². The number of nitro benzene ring substituents is 1. The summed E-state index contributed by atoms with van der Waals surface area (Å²) in [4.78, 5) is 33.9. The normalized spacial score (nSPS) is 12.6. The number of nitrogens with zero attached hydrogens (tertiary/aromatic N) is 1. The monoisotopic (exact) mass is 327 g/mol. The lowest BCUT2D eigenvalue weighted by Gasteiger charge is -2.18. The van der Waals surface area contributed by atoms with E-state index in [-0.39, 0.29) is 24.6 Å². The van der Waals surface area contributed by atoms with Crippen molar-refractivity contribution >= 4 is 28.9 Å². The fourth-order valence-electron chi connectivity index (χ4n) is 2.38. The van der Waals surface area contributed by atoms with Gasteiger partial charge in [-0.25, -0.2) is 0 Å². The third-order valence-corrected chi connectivity index (χ3v) is 3.44. The van der Waals surface area contributed by atoms with E-state index in [1.165, 1.54) is 6.07 Å². The largest absolute Gasteiger partial charge is 0.482 e. The summed E-state index contributed by atoms with van der Waals surface area (Å²) in [5.74, 6) is -0.149. The first-order chi connectivity index (χ1) is 11.5. The highest BCUT2D eigenvalue weighted by Crippen LogP contribution is 2.30. The molecule has 24 heavy (non-hydrogen) atoms. The molecule has 1 aliphatic rings. The third-order valence-electron chi connectivity index (χ3n) is 3.44. The summed E-state index contributed by atoms with van der Waals surface area (Å²) >= 11 is 0. The van der Waals surface area contributed by atoms with Crippen LogP contribution in [0.1, 0.15) is 5.56 Å². The van der Waals surface area contributed by atoms with Crippen LogP contribution in [-0.2, 0) is 16.0 Å². The molecule has 2 amide bonds. The van der Waals surface area contributed by atoms with Crippen LogP contribution < -0.4 is 15.4 Å². The van der Waals surface area contributed by atoms with Crippen molar-refractivity contribution in [1.82, 2.24) is 0 Å². The minimum Gasteiger partial charge on any atom is -0.482 e. The number of benzene rings is 2. The average Bonchev–Trinajstić information content (AvgIpc) is 2.54. The van der Waals surface area contributed by atoms with Crippen LogP contribution in [0.3, 0.4) is 0 Å². The Hall–Kier alpha value is -3.42. The number of carbonyl (C=O) groups is 2. The predicted octanol–water partition coefficient (Wildman–Crippen LogP) is 2.11. The molecule has 0 radical (unpaired) electrons. The fourth-order valence-corrected chi connectivity index (χ4v) is 2.38. The lowest BCUT2D eigenvalue weighted by Crippen LogP contribution is -2.25. The van der Waals surface area contributed by atoms with Gasteiger partial charge in [0.2, 0.25) is 5.91 Å². The van der Waals surface area contributed by atoms with E-state index in [4.69, 9.17) is 4.74 Å². The van der Waals surface area contributed by atoms with Crippen molar-refractivity contribution < 1.29 is 19.2 Å². The lowest BCUT2D eigenvalue weighted by atomic mass is 10.1. The zero-order valence-electron chi connectivity index (χ0n) is 12.4. The zero-order chi connectivity index (χ0) is 17.1. The van der Waals surface area contributed by atoms with Gasteiger partial charge < -0.3 is 15.4 Å². The van der Waals surface area contributed by atoms with Gasteiger partial charge in [-0.3, -0.25) is 19.7 Å². The number of ether oxygens (including phenoxy) is 1. The molecule has 3 rings (SSSR count). The summed E-state index contributed by atoms with van der Waals surface area (Å²) in [5.41, 5.74) is 1.16. The molecule has 2 aromatic carbocycles. The number of para-hydroxylation sites is 1. The van der Waals surface area contributed by atoms with Crippen molar-refractivity contribution in [3.63, 3.8) is 0 Å². The summed E-state index contributed by atoms with van der Waals surface area (Å²) in [7, 11) is 0. The molecule has 0 bridgehead atoms. The molecule has 1 aliphatic heterocycles. The average molecular weight is 327 g/mol. The number of carbonyl (C=O) groups excluding carboxylic acids is 2. The number of anilines is 2. The van der Waals surface area contributed by atoms with E-state index in [1.54, 1.807) is 36.4 Å². The van der Waals surface area contributed by atoms with Crippen LogP contribution >= 0.6 is 0 Å². The molecule has 8 heteroatoms. The number of nitrogens with one attached hydrogen (secondary N) is 2. The second kappa shape index (κ2) is 6.37. The smallest absolute Gasteiger partial charge is 0.273 e. The number of amides is 2. The molecular formula is C16H13N3O5. The third kappa shape index (κ3) is 3.32. The summed E-state index contributed by atoms with van der Waals surface area (Å²) in [6.45, 7) is -0.0453. The molecule has 2 aromatic rings. The van der Waals surface area contributed by atoms with Crippen molar-refractivity contribution in [3.8, 4) is 5.75 Å². The molecule has 1 heterocycles. The van der Waals surface area contributed by atoms with Crippen molar-refractivity contribution in [2.75, 3.05) is 17.2 Å². The van der Waals surface area contributed by atoms with Gasteiger partial charge in [-0.15, -0.1) is 0 Å². The van der Waals surface area contributed by atoms with Gasteiger partial charge in [0.15, 0.2) is 6.61 Å². The Morgan fingerprint density at radius 1 is 1.29 bits per heavy atom. The Balaban J connectivity index is 1.73. The van der Waals surface area contributed by atoms with Gasteiger partial charge in [-0.05, 0) is 18.2 Å². The van der Waals surface area contributed by atoms with Crippen LogP contribution in [-0.4, -0.2) is 23.3 Å². The van der Waals surface area contributed by atoms with Crippen molar-refractivity contribution in [3.05, 3.63) is 58.1 Å². The Morgan fingerprint density at radius 2 is 2.08 bits per heavy atom. The van der Waals surface area contributed by atoms with Gasteiger partial charge in [0.05, 0.1) is 17.0 Å². The lowest BCUT2D eigenvalue weighted by molar-refractivity contribution is -0.385. The van der Waals surface area contributed by atoms with E-state index in [9.17, 15) is 19.7 Å². The maximum Gasteiger partial charge on any atom is 0.273 e. The molecule has 8 nitrogen and oxygen atoms in total. The Bertz CT molecular complexity index is 834. The van der Waals surface area contributed by atoms with Crippen LogP contribution in [0.25, 0.3) is 0 Å². The predicted molar refractivity (Wildman–Crippen MR) is 86.0 cm³/mol. The minimum atomic E-state index is -0.519. The van der Waals surface area contributed by atoms with Gasteiger partial charge >= 0.3 is 0 Å². The molecule has 0 aromatic heterocycles. The molecule has 0 saturated carbocycles. The van der Waals surface area contributed by atoms with E-state index < -0.39 is 10.8 Å². The van der Waals surface area contributed by atoms with E-state index in [1.807, 2.05) is 0 Å². The van der Waals surface area contributed by atoms with E-state index in [0.717, 1.165) is 0 Å². The van der Waals surface area contributed by atoms with E-state index in [2.05, 4.69) is 10.6 Å². The topological polar surface area (TPSA) is 111 Å². The van der Waals surface area contributed by atoms with Gasteiger partial charge in [0, 0.05) is 17.3 Å². The zero-order valence-corrected chi connectivity index (χ0v) is 12.4. The molecule has 0 unspecified atom stereocenters. The van der Waals surface area contributed by atoms with Crippen LogP contribution in [0.15, 0.2) is 42.5 Å². The Labute approximate surface area is 136 Å². The summed E-state index contributed by atoms with van der Waals surface area (Å²) in [6, 6.07) is 10.9. The number of rotatable bonds is 4. The number of nitro groups is 1. The molecule has 0 aliphatic carbocycles. The van der Waals surface area contributed by atoms with Crippen molar-refractivity contribution in [1.29, 1.82) is 0 Å². The van der Waals surface area contributed by atoms with E-state index in [0.29, 0.717) is 22.7 Å². The molecule has 0 fully saturated rings. The van der Waals surface area contributed by atoms with Gasteiger partial charge in [-0.2, -0.15) is 0 Å². The number of hydrogen-bond donors (Lipinski definition) is 2. The second-order valence-electron chi connectivity index (χ2n) is 5.16. The fraction of sp³-hybridized carbons (Fsp3) is 0.125. The first kappa shape index (κ1) is 15.5. The molecule has 0 saturated heterocycles. The summed E-state index contributed by atoms with van der Waals surface area (Å²) in [6.07, 6.45) is -0.128. The summed E-state index contributed by atoms with van der Waals surface area (Å²) < 4.78 is 5.23. The van der Waals surface area contributed by atoms with Gasteiger partial charge in [0.1, 0.15) is 5.75 Å². The SMILES string of the molecule is O=C(Cc1ccccc1[N+](=O)[O-])Nc1ccc2c(c1)NC(=O)CO2. The van der Waals surface area contributed by atoms with Crippen LogP contribution in [0.4, 0.5) is 17.1 Å². The van der Waals surface area contributed by atoms with Gasteiger partial charge in [0.25, 0.3) is 11.6 Å². The first-order valence-electron chi connectivity index (χ1n) is 7.12. The maximum atomic E-state index is 12.1. The summed E-state index contributed by atoms with van der Waals surface area (Å²) in [5, 5.41) is 16.3. The molecular weight excluding hydrogens is 314 g/mol. The number of hydrogen-bond acceptors (Lipinski definition) is 5. The minimum absolute atomic E-state index is 0.0453. The van der Waals surface area contributed by atoms with Crippen LogP contribution in [0, 0.1) is 10.1 Å². The van der Waals surface area contributed by atoms with Crippen LogP contribution in [0.5, 0.6) is 5.75 Å². The maximum absolute atomic E-state index is 12.1. The van der Waals surface area contributed by atoms with E-state index >= 15 is 0 Å². The standard InChI is InChI=1S/C16H13N3O5/c20-15(7-10-3-1-2-4-13(10)19(22)23)17-11-5-6-14-12(8-11)18-16(21)9-24-14/h1-6,8H,7,9H2,(H,17,20)(H,18,21). The van der Waals surface area contributed by atoms with Crippen molar-refractivity contribution in [2.45, 2.75) is 6.42 Å².